The number of nitrogens with one attached hydrogen (secondary N) is 2. The highest BCUT2D eigenvalue weighted by atomic mass is 16.2. The van der Waals surface area contributed by atoms with Crippen molar-refractivity contribution >= 4 is 23.4 Å². The van der Waals surface area contributed by atoms with E-state index in [-0.39, 0.29) is 11.5 Å². The number of aromatic nitrogens is 2. The fraction of sp³-hybridized carbons (Fsp3) is 0.0769. The summed E-state index contributed by atoms with van der Waals surface area (Å²) in [5, 5.41) is 8.75. The van der Waals surface area contributed by atoms with E-state index >= 15 is 0 Å². The summed E-state index contributed by atoms with van der Waals surface area (Å²) in [5.74, 6) is -1.21. The molecule has 7 heteroatoms. The Labute approximate surface area is 113 Å². The third-order valence-electron chi connectivity index (χ3n) is 2.96. The molecule has 0 radical (unpaired) electrons. The maximum absolute atomic E-state index is 11.9. The van der Waals surface area contributed by atoms with Crippen LogP contribution >= 0.6 is 0 Å². The van der Waals surface area contributed by atoms with Crippen LogP contribution in [0.25, 0.3) is 0 Å². The average Bonchev–Trinajstić information content (AvgIpc) is 2.95. The van der Waals surface area contributed by atoms with Gasteiger partial charge in [-0.3, -0.25) is 24.4 Å². The minimum atomic E-state index is -0.456. The molecule has 0 saturated heterocycles. The summed E-state index contributed by atoms with van der Waals surface area (Å²) < 4.78 is 1.52. The molecule has 2 aromatic rings. The lowest BCUT2D eigenvalue weighted by atomic mass is 10.1. The lowest BCUT2D eigenvalue weighted by Crippen LogP contribution is -2.19. The third-order valence-corrected chi connectivity index (χ3v) is 2.96. The maximum Gasteiger partial charge on any atom is 0.259 e. The van der Waals surface area contributed by atoms with E-state index in [0.29, 0.717) is 16.8 Å². The average molecular weight is 270 g/mol. The second-order valence-electron chi connectivity index (χ2n) is 4.40. The van der Waals surface area contributed by atoms with E-state index in [1.807, 2.05) is 0 Å². The number of aryl methyl sites for hydroxylation is 1. The van der Waals surface area contributed by atoms with Gasteiger partial charge in [-0.05, 0) is 18.2 Å². The Bertz CT molecular complexity index is 748. The van der Waals surface area contributed by atoms with Crippen molar-refractivity contribution in [2.24, 2.45) is 7.05 Å². The Kier molecular flexibility index (Phi) is 2.60. The van der Waals surface area contributed by atoms with Crippen LogP contribution in [-0.4, -0.2) is 27.5 Å². The van der Waals surface area contributed by atoms with E-state index in [9.17, 15) is 14.4 Å². The van der Waals surface area contributed by atoms with E-state index in [2.05, 4.69) is 15.7 Å². The van der Waals surface area contributed by atoms with Gasteiger partial charge in [0.25, 0.3) is 17.7 Å². The number of nitrogens with zero attached hydrogens (tertiary/aromatic N) is 2. The van der Waals surface area contributed by atoms with Crippen molar-refractivity contribution in [2.75, 3.05) is 5.32 Å². The summed E-state index contributed by atoms with van der Waals surface area (Å²) in [5.41, 5.74) is 1.43. The number of hydrogen-bond acceptors (Lipinski definition) is 4. The van der Waals surface area contributed by atoms with Gasteiger partial charge in [-0.2, -0.15) is 5.10 Å². The molecule has 100 valence electrons. The second-order valence-corrected chi connectivity index (χ2v) is 4.40. The predicted molar refractivity (Wildman–Crippen MR) is 69.4 cm³/mol. The molecule has 0 fully saturated rings. The molecule has 3 rings (SSSR count). The van der Waals surface area contributed by atoms with Crippen molar-refractivity contribution < 1.29 is 14.4 Å². The van der Waals surface area contributed by atoms with Crippen LogP contribution in [0, 0.1) is 0 Å². The predicted octanol–water partition coefficient (Wildman–Crippen LogP) is 0.556. The van der Waals surface area contributed by atoms with Crippen molar-refractivity contribution in [1.29, 1.82) is 0 Å². The molecule has 1 aliphatic heterocycles. The van der Waals surface area contributed by atoms with Crippen molar-refractivity contribution in [3.05, 3.63) is 47.3 Å². The van der Waals surface area contributed by atoms with Crippen molar-refractivity contribution in [2.45, 2.75) is 0 Å². The number of anilines is 1. The number of fused-ring (bicyclic) bond motifs is 1. The number of carbonyl (C=O) groups excluding carboxylic acids is 3. The lowest BCUT2D eigenvalue weighted by molar-refractivity contribution is 0.0878. The molecule has 0 unspecified atom stereocenters. The summed E-state index contributed by atoms with van der Waals surface area (Å²) in [6, 6.07) is 4.56. The van der Waals surface area contributed by atoms with Gasteiger partial charge in [0, 0.05) is 18.9 Å². The van der Waals surface area contributed by atoms with Gasteiger partial charge in [-0.25, -0.2) is 0 Å². The smallest absolute Gasteiger partial charge is 0.259 e. The van der Waals surface area contributed by atoms with Crippen LogP contribution in [0.3, 0.4) is 0 Å². The molecule has 1 aliphatic rings. The third kappa shape index (κ3) is 1.95. The molecule has 20 heavy (non-hydrogen) atoms. The molecular formula is C13H10N4O3. The zero-order chi connectivity index (χ0) is 14.3. The van der Waals surface area contributed by atoms with Gasteiger partial charge in [0.15, 0.2) is 0 Å². The van der Waals surface area contributed by atoms with Crippen molar-refractivity contribution in [3.8, 4) is 0 Å². The van der Waals surface area contributed by atoms with Crippen LogP contribution in [-0.2, 0) is 7.05 Å². The monoisotopic (exact) mass is 270 g/mol. The summed E-state index contributed by atoms with van der Waals surface area (Å²) in [7, 11) is 1.71. The quantitative estimate of drug-likeness (QED) is 0.779. The topological polar surface area (TPSA) is 93.1 Å². The number of imide groups is 1. The first-order chi connectivity index (χ1) is 9.54. The minimum Gasteiger partial charge on any atom is -0.322 e. The number of rotatable bonds is 2. The Morgan fingerprint density at radius 1 is 1.25 bits per heavy atom. The van der Waals surface area contributed by atoms with Gasteiger partial charge in [-0.15, -0.1) is 0 Å². The SMILES string of the molecule is Cn1cc(C(=O)Nc2ccc3c(c2)C(=O)NC3=O)cn1. The first-order valence-electron chi connectivity index (χ1n) is 5.84. The summed E-state index contributed by atoms with van der Waals surface area (Å²) in [6.07, 6.45) is 3.03. The first kappa shape index (κ1) is 12.1. The van der Waals surface area contributed by atoms with E-state index in [1.165, 1.54) is 23.0 Å². The van der Waals surface area contributed by atoms with E-state index in [1.54, 1.807) is 19.3 Å². The van der Waals surface area contributed by atoms with Gasteiger partial charge in [0.05, 0.1) is 22.9 Å². The molecule has 3 amide bonds. The molecule has 2 heterocycles. The van der Waals surface area contributed by atoms with Gasteiger partial charge >= 0.3 is 0 Å². The molecule has 7 nitrogen and oxygen atoms in total. The fourth-order valence-corrected chi connectivity index (χ4v) is 1.99. The molecule has 0 saturated carbocycles. The van der Waals surface area contributed by atoms with Crippen LogP contribution in [0.4, 0.5) is 5.69 Å². The zero-order valence-electron chi connectivity index (χ0n) is 10.5. The van der Waals surface area contributed by atoms with Gasteiger partial charge in [0.2, 0.25) is 0 Å². The maximum atomic E-state index is 11.9. The highest BCUT2D eigenvalue weighted by Gasteiger charge is 2.26. The fourth-order valence-electron chi connectivity index (χ4n) is 1.99. The van der Waals surface area contributed by atoms with Gasteiger partial charge in [0.1, 0.15) is 0 Å². The lowest BCUT2D eigenvalue weighted by Gasteiger charge is -2.04. The highest BCUT2D eigenvalue weighted by Crippen LogP contribution is 2.20. The number of hydrogen-bond donors (Lipinski definition) is 2. The molecule has 1 aromatic heterocycles. The van der Waals surface area contributed by atoms with Crippen molar-refractivity contribution in [3.63, 3.8) is 0 Å². The summed E-state index contributed by atoms with van der Waals surface area (Å²) in [6.45, 7) is 0. The van der Waals surface area contributed by atoms with E-state index in [4.69, 9.17) is 0 Å². The van der Waals surface area contributed by atoms with Crippen LogP contribution in [0.1, 0.15) is 31.1 Å². The molecule has 0 atom stereocenters. The standard InChI is InChI=1S/C13H10N4O3/c1-17-6-7(5-14-17)11(18)15-8-2-3-9-10(4-8)13(20)16-12(9)19/h2-6H,1H3,(H,15,18)(H,16,19,20). The minimum absolute atomic E-state index is 0.263. The van der Waals surface area contributed by atoms with Crippen LogP contribution < -0.4 is 10.6 Å². The largest absolute Gasteiger partial charge is 0.322 e. The van der Waals surface area contributed by atoms with Crippen LogP contribution in [0.2, 0.25) is 0 Å². The Morgan fingerprint density at radius 3 is 2.70 bits per heavy atom. The van der Waals surface area contributed by atoms with Crippen molar-refractivity contribution in [1.82, 2.24) is 15.1 Å². The van der Waals surface area contributed by atoms with Gasteiger partial charge < -0.3 is 5.32 Å². The first-order valence-corrected chi connectivity index (χ1v) is 5.84. The molecule has 0 bridgehead atoms. The van der Waals surface area contributed by atoms with Crippen LogP contribution in [0.15, 0.2) is 30.6 Å². The molecule has 1 aromatic carbocycles. The Morgan fingerprint density at radius 2 is 2.00 bits per heavy atom. The Hall–Kier alpha value is -2.96. The Balaban J connectivity index is 1.86. The number of carbonyl (C=O) groups is 3. The normalized spacial score (nSPS) is 13.1. The summed E-state index contributed by atoms with van der Waals surface area (Å²) >= 11 is 0. The van der Waals surface area contributed by atoms with Gasteiger partial charge in [-0.1, -0.05) is 0 Å². The van der Waals surface area contributed by atoms with E-state index in [0.717, 1.165) is 0 Å². The highest BCUT2D eigenvalue weighted by molar-refractivity contribution is 6.22. The number of amides is 3. The molecule has 2 N–H and O–H groups in total. The van der Waals surface area contributed by atoms with Crippen LogP contribution in [0.5, 0.6) is 0 Å². The zero-order valence-corrected chi connectivity index (χ0v) is 10.5. The molecule has 0 aliphatic carbocycles. The molecule has 0 spiro atoms. The van der Waals surface area contributed by atoms with E-state index < -0.39 is 11.8 Å². The second kappa shape index (κ2) is 4.30. The molecular weight excluding hydrogens is 260 g/mol. The number of benzene rings is 1. The summed E-state index contributed by atoms with van der Waals surface area (Å²) in [4.78, 5) is 34.9.